The van der Waals surface area contributed by atoms with E-state index in [4.69, 9.17) is 4.74 Å². The molecule has 1 amide bonds. The van der Waals surface area contributed by atoms with E-state index in [9.17, 15) is 13.2 Å². The molecule has 0 fully saturated rings. The molecule has 1 N–H and O–H groups in total. The summed E-state index contributed by atoms with van der Waals surface area (Å²) in [5.74, 6) is 0.183. The summed E-state index contributed by atoms with van der Waals surface area (Å²) < 4.78 is 33.7. The Morgan fingerprint density at radius 1 is 0.943 bits per heavy atom. The molecular formula is C27H31N3O4S. The van der Waals surface area contributed by atoms with Crippen LogP contribution in [0.4, 0.5) is 5.69 Å². The number of carbonyl (C=O) groups excluding carboxylic acids is 1. The molecule has 0 aromatic heterocycles. The average molecular weight is 494 g/mol. The molecular weight excluding hydrogens is 462 g/mol. The molecule has 0 heterocycles. The second-order valence-corrected chi connectivity index (χ2v) is 10.6. The van der Waals surface area contributed by atoms with Crippen molar-refractivity contribution in [3.63, 3.8) is 0 Å². The third-order valence-corrected chi connectivity index (χ3v) is 6.83. The van der Waals surface area contributed by atoms with E-state index in [0.717, 1.165) is 32.3 Å². The zero-order valence-electron chi connectivity index (χ0n) is 20.6. The number of hydrogen-bond acceptors (Lipinski definition) is 5. The van der Waals surface area contributed by atoms with Gasteiger partial charge in [0.1, 0.15) is 12.3 Å². The van der Waals surface area contributed by atoms with Gasteiger partial charge in [-0.15, -0.1) is 0 Å². The van der Waals surface area contributed by atoms with Gasteiger partial charge in [0, 0.05) is 0 Å². The van der Waals surface area contributed by atoms with Crippen LogP contribution in [0.25, 0.3) is 0 Å². The molecule has 3 rings (SSSR count). The topological polar surface area (TPSA) is 88.1 Å². The van der Waals surface area contributed by atoms with Gasteiger partial charge in [-0.25, -0.2) is 13.8 Å². The van der Waals surface area contributed by atoms with E-state index in [1.165, 1.54) is 6.21 Å². The van der Waals surface area contributed by atoms with E-state index in [-0.39, 0.29) is 11.0 Å². The van der Waals surface area contributed by atoms with Crippen LogP contribution in [0.3, 0.4) is 0 Å². The molecule has 7 nitrogen and oxygen atoms in total. The lowest BCUT2D eigenvalue weighted by atomic mass is 10.1. The molecule has 0 saturated carbocycles. The number of hydrogen-bond donors (Lipinski definition) is 1. The molecule has 0 unspecified atom stereocenters. The standard InChI is InChI=1S/C27H31N3O4S/c1-19(2)34-25-10-8-23(9-11-25)17-28-29-27(31)18-30(24-15-21(4)14-22(5)16-24)35(32,33)26-12-6-20(3)7-13-26/h6-17,19H,18H2,1-5H3,(H,29,31)/b28-17-. The summed E-state index contributed by atoms with van der Waals surface area (Å²) >= 11 is 0. The van der Waals surface area contributed by atoms with Crippen molar-refractivity contribution in [2.75, 3.05) is 10.8 Å². The first kappa shape index (κ1) is 26.0. The lowest BCUT2D eigenvalue weighted by molar-refractivity contribution is -0.119. The average Bonchev–Trinajstić information content (AvgIpc) is 2.78. The largest absolute Gasteiger partial charge is 0.491 e. The van der Waals surface area contributed by atoms with Gasteiger partial charge in [0.25, 0.3) is 15.9 Å². The number of benzene rings is 3. The van der Waals surface area contributed by atoms with Crippen LogP contribution in [0.15, 0.2) is 76.7 Å². The fourth-order valence-corrected chi connectivity index (χ4v) is 4.90. The van der Waals surface area contributed by atoms with Crippen molar-refractivity contribution < 1.29 is 17.9 Å². The van der Waals surface area contributed by atoms with Crippen molar-refractivity contribution in [1.29, 1.82) is 0 Å². The van der Waals surface area contributed by atoms with Gasteiger partial charge < -0.3 is 4.74 Å². The normalized spacial score (nSPS) is 11.6. The number of carbonyl (C=O) groups is 1. The van der Waals surface area contributed by atoms with Crippen LogP contribution in [0, 0.1) is 20.8 Å². The van der Waals surface area contributed by atoms with Crippen molar-refractivity contribution >= 4 is 27.8 Å². The third-order valence-electron chi connectivity index (χ3n) is 5.05. The minimum Gasteiger partial charge on any atom is -0.491 e. The molecule has 184 valence electrons. The summed E-state index contributed by atoms with van der Waals surface area (Å²) in [4.78, 5) is 12.9. The van der Waals surface area contributed by atoms with Gasteiger partial charge in [0.05, 0.1) is 22.9 Å². The summed E-state index contributed by atoms with van der Waals surface area (Å²) in [5, 5.41) is 3.99. The molecule has 0 spiro atoms. The summed E-state index contributed by atoms with van der Waals surface area (Å²) in [6.45, 7) is 9.13. The van der Waals surface area contributed by atoms with Crippen LogP contribution in [0.1, 0.15) is 36.1 Å². The van der Waals surface area contributed by atoms with Gasteiger partial charge in [-0.05, 0) is 99.8 Å². The second-order valence-electron chi connectivity index (χ2n) is 8.70. The van der Waals surface area contributed by atoms with Crippen LogP contribution in [0.2, 0.25) is 0 Å². The summed E-state index contributed by atoms with van der Waals surface area (Å²) in [5.41, 5.74) is 6.35. The van der Waals surface area contributed by atoms with Crippen molar-refractivity contribution in [3.8, 4) is 5.75 Å². The Morgan fingerprint density at radius 2 is 1.54 bits per heavy atom. The molecule has 0 aliphatic heterocycles. The molecule has 0 aliphatic carbocycles. The number of aryl methyl sites for hydroxylation is 3. The quantitative estimate of drug-likeness (QED) is 0.344. The van der Waals surface area contributed by atoms with E-state index in [0.29, 0.717) is 5.69 Å². The van der Waals surface area contributed by atoms with Crippen molar-refractivity contribution in [1.82, 2.24) is 5.43 Å². The van der Waals surface area contributed by atoms with Gasteiger partial charge >= 0.3 is 0 Å². The third kappa shape index (κ3) is 7.16. The molecule has 0 saturated heterocycles. The minimum absolute atomic E-state index is 0.0742. The van der Waals surface area contributed by atoms with Crippen molar-refractivity contribution in [2.45, 2.75) is 45.6 Å². The number of nitrogens with one attached hydrogen (secondary N) is 1. The maximum atomic E-state index is 13.5. The minimum atomic E-state index is -3.98. The van der Waals surface area contributed by atoms with E-state index >= 15 is 0 Å². The van der Waals surface area contributed by atoms with E-state index in [1.54, 1.807) is 36.4 Å². The Hall–Kier alpha value is -3.65. The number of nitrogens with zero attached hydrogens (tertiary/aromatic N) is 2. The maximum Gasteiger partial charge on any atom is 0.264 e. The van der Waals surface area contributed by atoms with Gasteiger partial charge in [0.15, 0.2) is 0 Å². The highest BCUT2D eigenvalue weighted by molar-refractivity contribution is 7.92. The lowest BCUT2D eigenvalue weighted by Gasteiger charge is -2.24. The van der Waals surface area contributed by atoms with Gasteiger partial charge in [-0.2, -0.15) is 5.10 Å². The monoisotopic (exact) mass is 493 g/mol. The van der Waals surface area contributed by atoms with Crippen LogP contribution < -0.4 is 14.5 Å². The Bertz CT molecular complexity index is 1280. The molecule has 8 heteroatoms. The SMILES string of the molecule is Cc1ccc(S(=O)(=O)N(CC(=O)N/N=C\c2ccc(OC(C)C)cc2)c2cc(C)cc(C)c2)cc1. The van der Waals surface area contributed by atoms with Gasteiger partial charge in [0.2, 0.25) is 0 Å². The second kappa shape index (κ2) is 11.2. The summed E-state index contributed by atoms with van der Waals surface area (Å²) in [6.07, 6.45) is 1.57. The number of amides is 1. The van der Waals surface area contributed by atoms with Crippen molar-refractivity contribution in [2.24, 2.45) is 5.10 Å². The Labute approximate surface area is 207 Å². The highest BCUT2D eigenvalue weighted by Crippen LogP contribution is 2.26. The van der Waals surface area contributed by atoms with Crippen molar-refractivity contribution in [3.05, 3.63) is 89.0 Å². The molecule has 0 atom stereocenters. The predicted molar refractivity (Wildman–Crippen MR) is 140 cm³/mol. The molecule has 0 bridgehead atoms. The number of hydrazone groups is 1. The Morgan fingerprint density at radius 3 is 2.11 bits per heavy atom. The summed E-state index contributed by atoms with van der Waals surface area (Å²) in [7, 11) is -3.98. The van der Waals surface area contributed by atoms with Crippen LogP contribution in [-0.4, -0.2) is 33.2 Å². The number of sulfonamides is 1. The first-order valence-electron chi connectivity index (χ1n) is 11.3. The Balaban J connectivity index is 1.80. The van der Waals surface area contributed by atoms with Gasteiger partial charge in [-0.3, -0.25) is 9.10 Å². The zero-order valence-corrected chi connectivity index (χ0v) is 21.5. The number of ether oxygens (including phenoxy) is 1. The van der Waals surface area contributed by atoms with E-state index < -0.39 is 22.5 Å². The van der Waals surface area contributed by atoms with Crippen LogP contribution >= 0.6 is 0 Å². The predicted octanol–water partition coefficient (Wildman–Crippen LogP) is 4.74. The molecule has 0 radical (unpaired) electrons. The first-order valence-corrected chi connectivity index (χ1v) is 12.7. The highest BCUT2D eigenvalue weighted by atomic mass is 32.2. The molecule has 0 aliphatic rings. The number of anilines is 1. The lowest BCUT2D eigenvalue weighted by Crippen LogP contribution is -2.39. The molecule has 3 aromatic rings. The van der Waals surface area contributed by atoms with E-state index in [2.05, 4.69) is 10.5 Å². The smallest absolute Gasteiger partial charge is 0.264 e. The molecule has 3 aromatic carbocycles. The van der Waals surface area contributed by atoms with Gasteiger partial charge in [-0.1, -0.05) is 23.8 Å². The molecule has 35 heavy (non-hydrogen) atoms. The number of rotatable bonds is 9. The Kier molecular flexibility index (Phi) is 8.30. The maximum absolute atomic E-state index is 13.5. The fourth-order valence-electron chi connectivity index (χ4n) is 3.50. The fraction of sp³-hybridized carbons (Fsp3) is 0.259. The van der Waals surface area contributed by atoms with Crippen LogP contribution in [-0.2, 0) is 14.8 Å². The van der Waals surface area contributed by atoms with Crippen LogP contribution in [0.5, 0.6) is 5.75 Å². The van der Waals surface area contributed by atoms with E-state index in [1.807, 2.05) is 65.0 Å². The highest BCUT2D eigenvalue weighted by Gasteiger charge is 2.27. The first-order chi connectivity index (χ1) is 16.5. The zero-order chi connectivity index (χ0) is 25.6. The summed E-state index contributed by atoms with van der Waals surface area (Å²) in [6, 6.07) is 19.3.